The van der Waals surface area contributed by atoms with Crippen molar-refractivity contribution in [2.45, 2.75) is 32.4 Å². The molecule has 1 nitrogen and oxygen atoms in total. The van der Waals surface area contributed by atoms with Crippen LogP contribution in [-0.2, 0) is 6.18 Å². The van der Waals surface area contributed by atoms with Crippen molar-refractivity contribution in [3.05, 3.63) is 41.6 Å². The Morgan fingerprint density at radius 2 is 2.00 bits per heavy atom. The van der Waals surface area contributed by atoms with Crippen LogP contribution in [-0.4, -0.2) is 4.98 Å². The molecule has 1 aliphatic rings. The molecule has 1 saturated carbocycles. The number of fused-ring (bicyclic) bond motifs is 1. The Morgan fingerprint density at radius 1 is 1.25 bits per heavy atom. The number of halogens is 3. The first-order valence-electron chi connectivity index (χ1n) is 6.84. The topological polar surface area (TPSA) is 12.9 Å². The Morgan fingerprint density at radius 3 is 2.60 bits per heavy atom. The molecule has 1 fully saturated rings. The lowest BCUT2D eigenvalue weighted by Crippen LogP contribution is -2.07. The molecular weight excluding hydrogens is 263 g/mol. The predicted octanol–water partition coefficient (Wildman–Crippen LogP) is 5.01. The van der Waals surface area contributed by atoms with Crippen molar-refractivity contribution in [3.8, 4) is 0 Å². The van der Waals surface area contributed by atoms with Gasteiger partial charge in [0.2, 0.25) is 0 Å². The third-order valence-electron chi connectivity index (χ3n) is 4.17. The van der Waals surface area contributed by atoms with E-state index in [1.807, 2.05) is 6.07 Å². The molecule has 4 heteroatoms. The average molecular weight is 279 g/mol. The maximum atomic E-state index is 13.2. The van der Waals surface area contributed by atoms with Crippen LogP contribution in [0, 0.1) is 11.8 Å². The van der Waals surface area contributed by atoms with Crippen LogP contribution in [0.1, 0.15) is 37.3 Å². The summed E-state index contributed by atoms with van der Waals surface area (Å²) < 4.78 is 39.6. The normalized spacial score (nSPS) is 22.5. The van der Waals surface area contributed by atoms with E-state index in [9.17, 15) is 13.2 Å². The van der Waals surface area contributed by atoms with Gasteiger partial charge < -0.3 is 0 Å². The largest absolute Gasteiger partial charge is 0.417 e. The minimum atomic E-state index is -4.33. The molecule has 0 N–H and O–H groups in total. The van der Waals surface area contributed by atoms with Crippen LogP contribution in [0.3, 0.4) is 0 Å². The molecule has 3 rings (SSSR count). The SMILES string of the molecule is CC(C)[C@H]1C[C@@H]1c1cc(C(F)(F)F)c2cccnc2c1. The van der Waals surface area contributed by atoms with E-state index >= 15 is 0 Å². The molecular formula is C16H16F3N. The van der Waals surface area contributed by atoms with Crippen LogP contribution in [0.25, 0.3) is 10.9 Å². The van der Waals surface area contributed by atoms with Gasteiger partial charge in [0.1, 0.15) is 0 Å². The van der Waals surface area contributed by atoms with Crippen LogP contribution in [0.15, 0.2) is 30.5 Å². The lowest BCUT2D eigenvalue weighted by Gasteiger charge is -2.13. The molecule has 0 bridgehead atoms. The van der Waals surface area contributed by atoms with Gasteiger partial charge in [-0.3, -0.25) is 4.98 Å². The number of hydrogen-bond acceptors (Lipinski definition) is 1. The number of pyridine rings is 1. The van der Waals surface area contributed by atoms with Crippen molar-refractivity contribution >= 4 is 10.9 Å². The summed E-state index contributed by atoms with van der Waals surface area (Å²) in [7, 11) is 0. The number of aromatic nitrogens is 1. The van der Waals surface area contributed by atoms with Crippen molar-refractivity contribution in [3.63, 3.8) is 0 Å². The van der Waals surface area contributed by atoms with Crippen LogP contribution in [0.4, 0.5) is 13.2 Å². The highest BCUT2D eigenvalue weighted by atomic mass is 19.4. The van der Waals surface area contributed by atoms with Crippen LogP contribution in [0.2, 0.25) is 0 Å². The molecule has 1 aromatic carbocycles. The quantitative estimate of drug-likeness (QED) is 0.752. The first-order valence-corrected chi connectivity index (χ1v) is 6.84. The van der Waals surface area contributed by atoms with Crippen molar-refractivity contribution in [1.29, 1.82) is 0 Å². The number of rotatable bonds is 2. The van der Waals surface area contributed by atoms with Crippen molar-refractivity contribution < 1.29 is 13.2 Å². The summed E-state index contributed by atoms with van der Waals surface area (Å²) in [6, 6.07) is 6.17. The fourth-order valence-electron chi connectivity index (χ4n) is 2.99. The van der Waals surface area contributed by atoms with E-state index in [-0.39, 0.29) is 11.3 Å². The van der Waals surface area contributed by atoms with Crippen LogP contribution < -0.4 is 0 Å². The van der Waals surface area contributed by atoms with E-state index in [1.54, 1.807) is 12.3 Å². The molecule has 0 amide bonds. The van der Waals surface area contributed by atoms with Gasteiger partial charge in [-0.1, -0.05) is 19.9 Å². The Labute approximate surface area is 115 Å². The number of benzene rings is 1. The van der Waals surface area contributed by atoms with E-state index in [2.05, 4.69) is 18.8 Å². The van der Waals surface area contributed by atoms with Crippen LogP contribution >= 0.6 is 0 Å². The summed E-state index contributed by atoms with van der Waals surface area (Å²) in [6.45, 7) is 4.24. The van der Waals surface area contributed by atoms with Gasteiger partial charge in [-0.25, -0.2) is 0 Å². The van der Waals surface area contributed by atoms with Crippen molar-refractivity contribution in [2.75, 3.05) is 0 Å². The predicted molar refractivity (Wildman–Crippen MR) is 72.4 cm³/mol. The molecule has 0 spiro atoms. The van der Waals surface area contributed by atoms with Gasteiger partial charge in [0.25, 0.3) is 0 Å². The second kappa shape index (κ2) is 4.47. The molecule has 20 heavy (non-hydrogen) atoms. The zero-order valence-electron chi connectivity index (χ0n) is 11.4. The molecule has 2 atom stereocenters. The fraction of sp³-hybridized carbons (Fsp3) is 0.438. The summed E-state index contributed by atoms with van der Waals surface area (Å²) >= 11 is 0. The lowest BCUT2D eigenvalue weighted by atomic mass is 9.98. The minimum absolute atomic E-state index is 0.186. The van der Waals surface area contributed by atoms with E-state index < -0.39 is 11.7 Å². The highest BCUT2D eigenvalue weighted by Gasteiger charge is 2.42. The third kappa shape index (κ3) is 2.28. The maximum absolute atomic E-state index is 13.2. The molecule has 0 saturated heterocycles. The Bertz CT molecular complexity index is 646. The standard InChI is InChI=1S/C16H16F3N/c1-9(2)12-8-13(12)10-6-14(16(17,18)19)11-4-3-5-20-15(11)7-10/h3-7,9,12-13H,8H2,1-2H3/t12-,13-/m1/s1. The summed E-state index contributed by atoms with van der Waals surface area (Å²) in [5.74, 6) is 1.26. The molecule has 1 heterocycles. The third-order valence-corrected chi connectivity index (χ3v) is 4.17. The zero-order chi connectivity index (χ0) is 14.5. The zero-order valence-corrected chi connectivity index (χ0v) is 11.4. The van der Waals surface area contributed by atoms with E-state index in [0.717, 1.165) is 12.0 Å². The van der Waals surface area contributed by atoms with Crippen molar-refractivity contribution in [1.82, 2.24) is 4.98 Å². The van der Waals surface area contributed by atoms with Crippen molar-refractivity contribution in [2.24, 2.45) is 11.8 Å². The fourth-order valence-corrected chi connectivity index (χ4v) is 2.99. The summed E-state index contributed by atoms with van der Waals surface area (Å²) in [4.78, 5) is 4.10. The Balaban J connectivity index is 2.12. The number of nitrogens with zero attached hydrogens (tertiary/aromatic N) is 1. The molecule has 0 unspecified atom stereocenters. The second-order valence-electron chi connectivity index (χ2n) is 5.89. The van der Waals surface area contributed by atoms with Gasteiger partial charge in [-0.15, -0.1) is 0 Å². The molecule has 1 aromatic heterocycles. The van der Waals surface area contributed by atoms with Gasteiger partial charge in [-0.05, 0) is 47.9 Å². The van der Waals surface area contributed by atoms with E-state index in [4.69, 9.17) is 0 Å². The van der Waals surface area contributed by atoms with Gasteiger partial charge >= 0.3 is 6.18 Å². The molecule has 2 aromatic rings. The minimum Gasteiger partial charge on any atom is -0.256 e. The number of hydrogen-bond donors (Lipinski definition) is 0. The van der Waals surface area contributed by atoms with E-state index in [1.165, 1.54) is 12.1 Å². The molecule has 0 aliphatic heterocycles. The lowest BCUT2D eigenvalue weighted by molar-refractivity contribution is -0.136. The van der Waals surface area contributed by atoms with Gasteiger partial charge in [0.15, 0.2) is 0 Å². The summed E-state index contributed by atoms with van der Waals surface area (Å²) in [5, 5.41) is 0.186. The second-order valence-corrected chi connectivity index (χ2v) is 5.89. The summed E-state index contributed by atoms with van der Waals surface area (Å²) in [6.07, 6.45) is -1.81. The molecule has 1 aliphatic carbocycles. The van der Waals surface area contributed by atoms with Crippen LogP contribution in [0.5, 0.6) is 0 Å². The Hall–Kier alpha value is -1.58. The van der Waals surface area contributed by atoms with Gasteiger partial charge in [0.05, 0.1) is 11.1 Å². The van der Waals surface area contributed by atoms with E-state index in [0.29, 0.717) is 17.4 Å². The average Bonchev–Trinajstić information content (AvgIpc) is 3.16. The smallest absolute Gasteiger partial charge is 0.256 e. The highest BCUT2D eigenvalue weighted by molar-refractivity contribution is 5.83. The maximum Gasteiger partial charge on any atom is 0.417 e. The summed E-state index contributed by atoms with van der Waals surface area (Å²) in [5.41, 5.74) is 0.654. The molecule has 106 valence electrons. The van der Waals surface area contributed by atoms with Gasteiger partial charge in [0, 0.05) is 11.6 Å². The first kappa shape index (κ1) is 13.4. The van der Waals surface area contributed by atoms with Gasteiger partial charge in [-0.2, -0.15) is 13.2 Å². The highest BCUT2D eigenvalue weighted by Crippen LogP contribution is 2.52. The Kier molecular flexibility index (Phi) is 3.00. The molecule has 0 radical (unpaired) electrons. The monoisotopic (exact) mass is 279 g/mol. The number of alkyl halides is 3. The first-order chi connectivity index (χ1) is 9.38.